The van der Waals surface area contributed by atoms with Gasteiger partial charge >= 0.3 is 6.03 Å². The third-order valence-corrected chi connectivity index (χ3v) is 8.08. The molecule has 1 heterocycles. The molecule has 1 fully saturated rings. The molecule has 0 bridgehead atoms. The van der Waals surface area contributed by atoms with E-state index in [1.807, 2.05) is 80.6 Å². The molecular weight excluding hydrogens is 580 g/mol. The molecule has 3 aromatic rings. The standard InChI is InChI=1S/C37H48N4O5/c1-27(2)24-33(40-37(45)41-21-8-3-4-9-22-41)36(44)39-34(35(43)38-31-16-12-28(13-17-31)20-23-42)25-29-14-18-32(19-15-29)46-26-30-10-6-5-7-11-30/h5-7,10-19,27,33-34,42H,3-4,8-9,20-26H2,1-2H3,(H,38,43)(H,39,44)(H,40,45)/t33-,34-/m0/s1. The topological polar surface area (TPSA) is 120 Å². The molecular formula is C37H48N4O5. The maximum atomic E-state index is 13.7. The fourth-order valence-electron chi connectivity index (χ4n) is 5.51. The monoisotopic (exact) mass is 628 g/mol. The highest BCUT2D eigenvalue weighted by molar-refractivity contribution is 5.98. The molecule has 4 amide bonds. The first-order chi connectivity index (χ1) is 22.3. The second-order valence-electron chi connectivity index (χ2n) is 12.4. The Bertz CT molecular complexity index is 1370. The van der Waals surface area contributed by atoms with Gasteiger partial charge in [-0.3, -0.25) is 9.59 Å². The number of anilines is 1. The van der Waals surface area contributed by atoms with Gasteiger partial charge in [-0.2, -0.15) is 0 Å². The smallest absolute Gasteiger partial charge is 0.318 e. The first kappa shape index (κ1) is 34.5. The summed E-state index contributed by atoms with van der Waals surface area (Å²) in [7, 11) is 0. The Hall–Kier alpha value is -4.37. The zero-order chi connectivity index (χ0) is 32.7. The molecule has 2 atom stereocenters. The fraction of sp³-hybridized carbons (Fsp3) is 0.432. The van der Waals surface area contributed by atoms with E-state index in [0.29, 0.717) is 44.0 Å². The quantitative estimate of drug-likeness (QED) is 0.189. The number of hydrogen-bond donors (Lipinski definition) is 4. The number of carbonyl (C=O) groups is 3. The highest BCUT2D eigenvalue weighted by Crippen LogP contribution is 2.18. The van der Waals surface area contributed by atoms with Gasteiger partial charge in [0.1, 0.15) is 24.4 Å². The van der Waals surface area contributed by atoms with E-state index in [0.717, 1.165) is 42.4 Å². The third kappa shape index (κ3) is 11.2. The summed E-state index contributed by atoms with van der Waals surface area (Å²) < 4.78 is 5.92. The van der Waals surface area contributed by atoms with Gasteiger partial charge in [0.15, 0.2) is 0 Å². The molecule has 1 aliphatic rings. The van der Waals surface area contributed by atoms with Crippen LogP contribution in [0.4, 0.5) is 10.5 Å². The first-order valence-electron chi connectivity index (χ1n) is 16.4. The van der Waals surface area contributed by atoms with Crippen LogP contribution in [0.3, 0.4) is 0 Å². The number of aliphatic hydroxyl groups is 1. The van der Waals surface area contributed by atoms with Gasteiger partial charge in [0.2, 0.25) is 11.8 Å². The van der Waals surface area contributed by atoms with Crippen LogP contribution in [0.1, 0.15) is 62.6 Å². The van der Waals surface area contributed by atoms with Crippen molar-refractivity contribution in [2.75, 3.05) is 25.0 Å². The Morgan fingerprint density at radius 2 is 1.41 bits per heavy atom. The highest BCUT2D eigenvalue weighted by Gasteiger charge is 2.29. The van der Waals surface area contributed by atoms with Crippen molar-refractivity contribution in [3.63, 3.8) is 0 Å². The van der Waals surface area contributed by atoms with Crippen molar-refractivity contribution in [1.29, 1.82) is 0 Å². The molecule has 246 valence electrons. The summed E-state index contributed by atoms with van der Waals surface area (Å²) in [6.45, 7) is 5.85. The van der Waals surface area contributed by atoms with Crippen LogP contribution in [-0.2, 0) is 29.0 Å². The Labute approximate surface area is 272 Å². The fourth-order valence-corrected chi connectivity index (χ4v) is 5.51. The largest absolute Gasteiger partial charge is 0.489 e. The molecule has 9 nitrogen and oxygen atoms in total. The molecule has 9 heteroatoms. The molecule has 4 N–H and O–H groups in total. The van der Waals surface area contributed by atoms with Crippen LogP contribution in [0.25, 0.3) is 0 Å². The second-order valence-corrected chi connectivity index (χ2v) is 12.4. The van der Waals surface area contributed by atoms with E-state index in [2.05, 4.69) is 16.0 Å². The Morgan fingerprint density at radius 3 is 2.04 bits per heavy atom. The van der Waals surface area contributed by atoms with E-state index < -0.39 is 18.0 Å². The number of ether oxygens (including phenoxy) is 1. The summed E-state index contributed by atoms with van der Waals surface area (Å²) in [4.78, 5) is 42.4. The average molecular weight is 629 g/mol. The third-order valence-electron chi connectivity index (χ3n) is 8.08. The zero-order valence-corrected chi connectivity index (χ0v) is 27.0. The van der Waals surface area contributed by atoms with E-state index in [9.17, 15) is 19.5 Å². The van der Waals surface area contributed by atoms with Crippen LogP contribution in [0.15, 0.2) is 78.9 Å². The molecule has 46 heavy (non-hydrogen) atoms. The van der Waals surface area contributed by atoms with E-state index in [-0.39, 0.29) is 30.9 Å². The maximum Gasteiger partial charge on any atom is 0.318 e. The summed E-state index contributed by atoms with van der Waals surface area (Å²) in [5, 5.41) is 18.1. The number of rotatable bonds is 14. The molecule has 0 spiro atoms. The summed E-state index contributed by atoms with van der Waals surface area (Å²) in [6, 6.07) is 22.8. The van der Waals surface area contributed by atoms with Gasteiger partial charge in [-0.15, -0.1) is 0 Å². The minimum Gasteiger partial charge on any atom is -0.489 e. The molecule has 1 aliphatic heterocycles. The van der Waals surface area contributed by atoms with Gasteiger partial charge in [0.25, 0.3) is 0 Å². The van der Waals surface area contributed by atoms with Crippen molar-refractivity contribution >= 4 is 23.5 Å². The van der Waals surface area contributed by atoms with Crippen LogP contribution in [-0.4, -0.2) is 59.6 Å². The summed E-state index contributed by atoms with van der Waals surface area (Å²) in [5.41, 5.74) is 3.45. The number of amides is 4. The molecule has 3 aromatic carbocycles. The van der Waals surface area contributed by atoms with E-state index in [4.69, 9.17) is 4.74 Å². The Kier molecular flexibility index (Phi) is 13.5. The molecule has 0 aromatic heterocycles. The van der Waals surface area contributed by atoms with Gasteiger partial charge in [-0.25, -0.2) is 4.79 Å². The Balaban J connectivity index is 1.47. The van der Waals surface area contributed by atoms with Crippen LogP contribution >= 0.6 is 0 Å². The van der Waals surface area contributed by atoms with Crippen LogP contribution in [0.2, 0.25) is 0 Å². The minimum absolute atomic E-state index is 0.0434. The number of carbonyl (C=O) groups excluding carboxylic acids is 3. The minimum atomic E-state index is -0.898. The molecule has 1 saturated heterocycles. The second kappa shape index (κ2) is 17.9. The van der Waals surface area contributed by atoms with Gasteiger partial charge in [0.05, 0.1) is 0 Å². The highest BCUT2D eigenvalue weighted by atomic mass is 16.5. The number of urea groups is 1. The predicted octanol–water partition coefficient (Wildman–Crippen LogP) is 5.47. The number of nitrogens with one attached hydrogen (secondary N) is 3. The molecule has 0 radical (unpaired) electrons. The SMILES string of the molecule is CC(C)C[C@H](NC(=O)N1CCCCCC1)C(=O)N[C@@H](Cc1ccc(OCc2ccccc2)cc1)C(=O)Nc1ccc(CCO)cc1. The van der Waals surface area contributed by atoms with Gasteiger partial charge < -0.3 is 30.7 Å². The van der Waals surface area contributed by atoms with Crippen molar-refractivity contribution in [2.24, 2.45) is 5.92 Å². The van der Waals surface area contributed by atoms with Gasteiger partial charge in [-0.1, -0.05) is 81.3 Å². The number of hydrogen-bond acceptors (Lipinski definition) is 5. The number of aliphatic hydroxyl groups excluding tert-OH is 1. The molecule has 0 saturated carbocycles. The summed E-state index contributed by atoms with van der Waals surface area (Å²) in [5.74, 6) is 0.0927. The van der Waals surface area contributed by atoms with Crippen molar-refractivity contribution in [1.82, 2.24) is 15.5 Å². The number of nitrogens with zero attached hydrogens (tertiary/aromatic N) is 1. The van der Waals surface area contributed by atoms with Crippen LogP contribution in [0, 0.1) is 5.92 Å². The molecule has 0 unspecified atom stereocenters. The van der Waals surface area contributed by atoms with Crippen molar-refractivity contribution < 1.29 is 24.2 Å². The normalized spacial score (nSPS) is 14.6. The van der Waals surface area contributed by atoms with Crippen molar-refractivity contribution in [2.45, 2.75) is 77.5 Å². The van der Waals surface area contributed by atoms with Gasteiger partial charge in [0, 0.05) is 31.8 Å². The lowest BCUT2D eigenvalue weighted by molar-refractivity contribution is -0.128. The van der Waals surface area contributed by atoms with Gasteiger partial charge in [-0.05, 0) is 72.6 Å². The van der Waals surface area contributed by atoms with E-state index >= 15 is 0 Å². The average Bonchev–Trinajstić information content (AvgIpc) is 3.35. The lowest BCUT2D eigenvalue weighted by Gasteiger charge is -2.27. The van der Waals surface area contributed by atoms with E-state index in [1.54, 1.807) is 17.0 Å². The molecule has 4 rings (SSSR count). The van der Waals surface area contributed by atoms with Crippen molar-refractivity contribution in [3.05, 3.63) is 95.6 Å². The summed E-state index contributed by atoms with van der Waals surface area (Å²) >= 11 is 0. The molecule has 0 aliphatic carbocycles. The lowest BCUT2D eigenvalue weighted by Crippen LogP contribution is -2.55. The maximum absolute atomic E-state index is 13.7. The summed E-state index contributed by atoms with van der Waals surface area (Å²) in [6.07, 6.45) is 5.31. The van der Waals surface area contributed by atoms with Crippen LogP contribution < -0.4 is 20.7 Å². The first-order valence-corrected chi connectivity index (χ1v) is 16.4. The van der Waals surface area contributed by atoms with E-state index in [1.165, 1.54) is 0 Å². The lowest BCUT2D eigenvalue weighted by atomic mass is 10.0. The Morgan fingerprint density at radius 1 is 0.761 bits per heavy atom. The predicted molar refractivity (Wildman–Crippen MR) is 181 cm³/mol. The van der Waals surface area contributed by atoms with Crippen molar-refractivity contribution in [3.8, 4) is 5.75 Å². The zero-order valence-electron chi connectivity index (χ0n) is 27.0. The number of likely N-dealkylation sites (tertiary alicyclic amines) is 1. The number of benzene rings is 3. The van der Waals surface area contributed by atoms with Crippen LogP contribution in [0.5, 0.6) is 5.75 Å².